The Morgan fingerprint density at radius 2 is 1.93 bits per heavy atom. The molecule has 1 aliphatic heterocycles. The van der Waals surface area contributed by atoms with Crippen molar-refractivity contribution in [3.63, 3.8) is 0 Å². The smallest absolute Gasteiger partial charge is 0.321 e. The number of nitrogens with one attached hydrogen (secondary N) is 1. The first kappa shape index (κ1) is 18.9. The number of carbonyl (C=O) groups is 2. The largest absolute Gasteiger partial charge is 0.445 e. The fourth-order valence-corrected chi connectivity index (χ4v) is 3.26. The van der Waals surface area contributed by atoms with E-state index in [1.807, 2.05) is 31.2 Å². The number of aromatic nitrogens is 1. The van der Waals surface area contributed by atoms with Gasteiger partial charge in [-0.15, -0.1) is 0 Å². The maximum absolute atomic E-state index is 12.5. The third kappa shape index (κ3) is 4.30. The van der Waals surface area contributed by atoms with Crippen LogP contribution in [0.1, 0.15) is 46.5 Å². The van der Waals surface area contributed by atoms with Crippen molar-refractivity contribution in [1.82, 2.24) is 14.8 Å². The lowest BCUT2D eigenvalue weighted by Gasteiger charge is -2.30. The lowest BCUT2D eigenvalue weighted by atomic mass is 9.97. The molecular weight excluding hydrogens is 344 g/mol. The number of urea groups is 1. The summed E-state index contributed by atoms with van der Waals surface area (Å²) in [5, 5.41) is 2.95. The third-order valence-electron chi connectivity index (χ3n) is 4.82. The molecule has 3 rings (SSSR count). The van der Waals surface area contributed by atoms with Crippen LogP contribution in [0, 0.1) is 13.8 Å². The van der Waals surface area contributed by atoms with Crippen LogP contribution in [0.5, 0.6) is 0 Å². The maximum atomic E-state index is 12.5. The monoisotopic (exact) mass is 370 g/mol. The van der Waals surface area contributed by atoms with Gasteiger partial charge in [0.25, 0.3) is 5.91 Å². The van der Waals surface area contributed by atoms with Crippen molar-refractivity contribution >= 4 is 17.6 Å². The molecule has 1 N–H and O–H groups in total. The molecule has 2 heterocycles. The molecule has 3 amide bonds. The van der Waals surface area contributed by atoms with E-state index in [4.69, 9.17) is 4.42 Å². The Hall–Kier alpha value is -2.83. The van der Waals surface area contributed by atoms with Crippen LogP contribution in [0.2, 0.25) is 0 Å². The molecule has 0 atom stereocenters. The predicted octanol–water partition coefficient (Wildman–Crippen LogP) is 3.40. The Bertz CT molecular complexity index is 836. The van der Waals surface area contributed by atoms with Gasteiger partial charge in [-0.25, -0.2) is 9.78 Å². The van der Waals surface area contributed by atoms with E-state index in [0.29, 0.717) is 30.4 Å². The van der Waals surface area contributed by atoms with Crippen LogP contribution < -0.4 is 5.32 Å². The summed E-state index contributed by atoms with van der Waals surface area (Å²) in [5.41, 5.74) is 2.28. The highest BCUT2D eigenvalue weighted by atomic mass is 16.4. The Labute approximate surface area is 159 Å². The second kappa shape index (κ2) is 7.82. The molecule has 0 spiro atoms. The summed E-state index contributed by atoms with van der Waals surface area (Å²) in [6.07, 6.45) is 1.52. The zero-order chi connectivity index (χ0) is 19.6. The summed E-state index contributed by atoms with van der Waals surface area (Å²) in [7, 11) is 3.39. The van der Waals surface area contributed by atoms with E-state index in [1.54, 1.807) is 25.9 Å². The van der Waals surface area contributed by atoms with E-state index < -0.39 is 0 Å². The van der Waals surface area contributed by atoms with E-state index in [9.17, 15) is 9.59 Å². The average Bonchev–Trinajstić information content (AvgIpc) is 3.02. The molecule has 2 aromatic rings. The number of likely N-dealkylation sites (tertiary alicyclic amines) is 1. The molecular formula is C20H26N4O3. The van der Waals surface area contributed by atoms with Crippen molar-refractivity contribution in [3.8, 4) is 0 Å². The Kier molecular flexibility index (Phi) is 5.48. The van der Waals surface area contributed by atoms with Gasteiger partial charge in [-0.1, -0.05) is 12.1 Å². The van der Waals surface area contributed by atoms with Crippen LogP contribution in [0.15, 0.2) is 28.7 Å². The number of oxazole rings is 1. The second-order valence-electron chi connectivity index (χ2n) is 7.22. The molecule has 1 aliphatic rings. The lowest BCUT2D eigenvalue weighted by molar-refractivity contribution is 0.0821. The summed E-state index contributed by atoms with van der Waals surface area (Å²) >= 11 is 0. The van der Waals surface area contributed by atoms with Crippen molar-refractivity contribution in [3.05, 3.63) is 47.2 Å². The number of anilines is 1. The molecule has 7 heteroatoms. The standard InChI is InChI=1S/C20H26N4O3/c1-13-6-5-7-16(12-13)21-20(26)24-10-8-15(9-11-24)18-22-17(14(2)27-18)19(25)23(3)4/h5-7,12,15H,8-11H2,1-4H3,(H,21,26). The van der Waals surface area contributed by atoms with Gasteiger partial charge < -0.3 is 19.5 Å². The molecule has 1 saturated heterocycles. The van der Waals surface area contributed by atoms with E-state index in [0.717, 1.165) is 24.1 Å². The first-order valence-electron chi connectivity index (χ1n) is 9.16. The molecule has 0 unspecified atom stereocenters. The van der Waals surface area contributed by atoms with Crippen molar-refractivity contribution in [2.75, 3.05) is 32.5 Å². The molecule has 7 nitrogen and oxygen atoms in total. The van der Waals surface area contributed by atoms with Gasteiger partial charge in [0, 0.05) is 38.8 Å². The van der Waals surface area contributed by atoms with E-state index in [1.165, 1.54) is 4.90 Å². The van der Waals surface area contributed by atoms with Gasteiger partial charge in [0.2, 0.25) is 0 Å². The number of aryl methyl sites for hydroxylation is 2. The minimum atomic E-state index is -0.155. The molecule has 27 heavy (non-hydrogen) atoms. The van der Waals surface area contributed by atoms with Gasteiger partial charge in [-0.2, -0.15) is 0 Å². The molecule has 0 radical (unpaired) electrons. The number of amides is 3. The van der Waals surface area contributed by atoms with Gasteiger partial charge in [-0.3, -0.25) is 4.79 Å². The van der Waals surface area contributed by atoms with Crippen LogP contribution in [-0.4, -0.2) is 53.9 Å². The number of rotatable bonds is 3. The summed E-state index contributed by atoms with van der Waals surface area (Å²) in [6.45, 7) is 5.01. The molecule has 0 bridgehead atoms. The molecule has 1 fully saturated rings. The van der Waals surface area contributed by atoms with E-state index >= 15 is 0 Å². The number of benzene rings is 1. The number of carbonyl (C=O) groups excluding carboxylic acids is 2. The van der Waals surface area contributed by atoms with Crippen LogP contribution >= 0.6 is 0 Å². The van der Waals surface area contributed by atoms with Crippen molar-refractivity contribution in [2.24, 2.45) is 0 Å². The topological polar surface area (TPSA) is 78.7 Å². The molecule has 1 aromatic heterocycles. The van der Waals surface area contributed by atoms with Crippen molar-refractivity contribution in [1.29, 1.82) is 0 Å². The van der Waals surface area contributed by atoms with Gasteiger partial charge in [0.05, 0.1) is 0 Å². The summed E-state index contributed by atoms with van der Waals surface area (Å²) < 4.78 is 5.75. The van der Waals surface area contributed by atoms with Crippen LogP contribution in [-0.2, 0) is 0 Å². The highest BCUT2D eigenvalue weighted by Gasteiger charge is 2.29. The predicted molar refractivity (Wildman–Crippen MR) is 103 cm³/mol. The van der Waals surface area contributed by atoms with E-state index in [2.05, 4.69) is 10.3 Å². The second-order valence-corrected chi connectivity index (χ2v) is 7.22. The fourth-order valence-electron chi connectivity index (χ4n) is 3.26. The van der Waals surface area contributed by atoms with Crippen molar-refractivity contribution in [2.45, 2.75) is 32.6 Å². The van der Waals surface area contributed by atoms with Crippen LogP contribution in [0.4, 0.5) is 10.5 Å². The van der Waals surface area contributed by atoms with Crippen LogP contribution in [0.25, 0.3) is 0 Å². The number of nitrogens with zero attached hydrogens (tertiary/aromatic N) is 3. The van der Waals surface area contributed by atoms with Gasteiger partial charge >= 0.3 is 6.03 Å². The van der Waals surface area contributed by atoms with Crippen LogP contribution in [0.3, 0.4) is 0 Å². The summed E-state index contributed by atoms with van der Waals surface area (Å²) in [6, 6.07) is 7.66. The summed E-state index contributed by atoms with van der Waals surface area (Å²) in [5.74, 6) is 1.10. The molecule has 144 valence electrons. The first-order valence-corrected chi connectivity index (χ1v) is 9.16. The molecule has 0 aliphatic carbocycles. The Balaban J connectivity index is 1.59. The third-order valence-corrected chi connectivity index (χ3v) is 4.82. The van der Waals surface area contributed by atoms with E-state index in [-0.39, 0.29) is 17.9 Å². The van der Waals surface area contributed by atoms with Gasteiger partial charge in [-0.05, 0) is 44.4 Å². The Morgan fingerprint density at radius 3 is 2.56 bits per heavy atom. The lowest BCUT2D eigenvalue weighted by Crippen LogP contribution is -2.40. The first-order chi connectivity index (χ1) is 12.8. The number of hydrogen-bond acceptors (Lipinski definition) is 4. The molecule has 0 saturated carbocycles. The zero-order valence-corrected chi connectivity index (χ0v) is 16.3. The fraction of sp³-hybridized carbons (Fsp3) is 0.450. The summed E-state index contributed by atoms with van der Waals surface area (Å²) in [4.78, 5) is 32.3. The van der Waals surface area contributed by atoms with Gasteiger partial charge in [0.15, 0.2) is 11.6 Å². The zero-order valence-electron chi connectivity index (χ0n) is 16.3. The minimum absolute atomic E-state index is 0.0916. The SMILES string of the molecule is Cc1cccc(NC(=O)N2CCC(c3nc(C(=O)N(C)C)c(C)o3)CC2)c1. The number of piperidine rings is 1. The number of hydrogen-bond donors (Lipinski definition) is 1. The molecule has 1 aromatic carbocycles. The minimum Gasteiger partial charge on any atom is -0.445 e. The average molecular weight is 370 g/mol. The Morgan fingerprint density at radius 1 is 1.22 bits per heavy atom. The quantitative estimate of drug-likeness (QED) is 0.898. The maximum Gasteiger partial charge on any atom is 0.321 e. The highest BCUT2D eigenvalue weighted by molar-refractivity contribution is 5.92. The normalized spacial score (nSPS) is 14.9. The highest BCUT2D eigenvalue weighted by Crippen LogP contribution is 2.29. The van der Waals surface area contributed by atoms with Gasteiger partial charge in [0.1, 0.15) is 5.76 Å². The van der Waals surface area contributed by atoms with Crippen molar-refractivity contribution < 1.29 is 14.0 Å².